The largest absolute Gasteiger partial charge is 0.464 e. The minimum atomic E-state index is -0.651. The molecule has 0 radical (unpaired) electrons. The van der Waals surface area contributed by atoms with Gasteiger partial charge in [-0.25, -0.2) is 4.79 Å². The third-order valence-electron chi connectivity index (χ3n) is 5.39. The van der Waals surface area contributed by atoms with E-state index in [1.807, 2.05) is 0 Å². The van der Waals surface area contributed by atoms with Crippen LogP contribution in [-0.2, 0) is 19.1 Å². The van der Waals surface area contributed by atoms with Gasteiger partial charge in [-0.15, -0.1) is 0 Å². The van der Waals surface area contributed by atoms with Gasteiger partial charge in [0, 0.05) is 24.9 Å². The molecule has 0 spiro atoms. The van der Waals surface area contributed by atoms with Crippen LogP contribution in [0.1, 0.15) is 33.6 Å². The van der Waals surface area contributed by atoms with Crippen LogP contribution in [0.25, 0.3) is 0 Å². The summed E-state index contributed by atoms with van der Waals surface area (Å²) in [6.07, 6.45) is 1.83. The van der Waals surface area contributed by atoms with Crippen LogP contribution in [0.4, 0.5) is 0 Å². The van der Waals surface area contributed by atoms with Crippen molar-refractivity contribution in [2.75, 3.05) is 26.2 Å². The lowest BCUT2D eigenvalue weighted by molar-refractivity contribution is -0.161. The predicted octanol–water partition coefficient (Wildman–Crippen LogP) is 0.901. The van der Waals surface area contributed by atoms with Crippen molar-refractivity contribution in [3.05, 3.63) is 0 Å². The number of carbonyl (C=O) groups excluding carboxylic acids is 3. The normalized spacial score (nSPS) is 35.7. The molecule has 2 saturated carbocycles. The van der Waals surface area contributed by atoms with Crippen molar-refractivity contribution in [3.8, 4) is 0 Å². The molecule has 3 rings (SSSR count). The van der Waals surface area contributed by atoms with Crippen LogP contribution in [-0.4, -0.2) is 59.9 Å². The van der Waals surface area contributed by atoms with Crippen LogP contribution >= 0.6 is 0 Å². The highest BCUT2D eigenvalue weighted by Gasteiger charge is 2.48. The van der Waals surface area contributed by atoms with Crippen molar-refractivity contribution in [1.82, 2.24) is 9.80 Å². The monoisotopic (exact) mass is 322 g/mol. The Morgan fingerprint density at radius 1 is 1.00 bits per heavy atom. The fourth-order valence-electron chi connectivity index (χ4n) is 3.47. The molecule has 23 heavy (non-hydrogen) atoms. The van der Waals surface area contributed by atoms with Gasteiger partial charge < -0.3 is 14.5 Å². The van der Waals surface area contributed by atoms with Gasteiger partial charge in [-0.1, -0.05) is 13.8 Å². The molecule has 0 aromatic heterocycles. The number of carbonyl (C=O) groups is 3. The summed E-state index contributed by atoms with van der Waals surface area (Å²) in [4.78, 5) is 40.7. The maximum Gasteiger partial charge on any atom is 0.330 e. The smallest absolute Gasteiger partial charge is 0.330 e. The van der Waals surface area contributed by atoms with Crippen LogP contribution < -0.4 is 0 Å². The van der Waals surface area contributed by atoms with Crippen LogP contribution in [0.15, 0.2) is 0 Å². The number of amides is 2. The first kappa shape index (κ1) is 16.3. The third-order valence-corrected chi connectivity index (χ3v) is 5.39. The van der Waals surface area contributed by atoms with Gasteiger partial charge in [-0.3, -0.25) is 9.59 Å². The highest BCUT2D eigenvalue weighted by atomic mass is 16.5. The second-order valence-corrected chi connectivity index (χ2v) is 7.22. The Balaban J connectivity index is 1.69. The fraction of sp³-hybridized carbons (Fsp3) is 0.824. The van der Waals surface area contributed by atoms with E-state index in [2.05, 4.69) is 13.8 Å². The number of ether oxygens (including phenoxy) is 1. The van der Waals surface area contributed by atoms with Gasteiger partial charge in [-0.2, -0.15) is 0 Å². The molecule has 1 saturated heterocycles. The highest BCUT2D eigenvalue weighted by molar-refractivity contribution is 5.89. The zero-order valence-electron chi connectivity index (χ0n) is 14.2. The first-order valence-corrected chi connectivity index (χ1v) is 8.70. The molecule has 128 valence electrons. The fourth-order valence-corrected chi connectivity index (χ4v) is 3.47. The SMILES string of the molecule is CCOC(=O)[C@@H]1CN(C(=O)[C@@H]2C[C@@H]2C)CCN1C(=O)[C@H]1C[C@@H]1C. The second-order valence-electron chi connectivity index (χ2n) is 7.22. The Morgan fingerprint density at radius 3 is 2.09 bits per heavy atom. The molecule has 1 aliphatic heterocycles. The highest BCUT2D eigenvalue weighted by Crippen LogP contribution is 2.41. The molecule has 6 heteroatoms. The quantitative estimate of drug-likeness (QED) is 0.721. The van der Waals surface area contributed by atoms with Crippen molar-refractivity contribution >= 4 is 17.8 Å². The minimum Gasteiger partial charge on any atom is -0.464 e. The number of piperazine rings is 1. The Labute approximate surface area is 137 Å². The van der Waals surface area contributed by atoms with Crippen LogP contribution in [0.3, 0.4) is 0 Å². The van der Waals surface area contributed by atoms with E-state index in [4.69, 9.17) is 4.74 Å². The lowest BCUT2D eigenvalue weighted by atomic mass is 10.1. The predicted molar refractivity (Wildman–Crippen MR) is 83.3 cm³/mol. The lowest BCUT2D eigenvalue weighted by Gasteiger charge is -2.40. The maximum absolute atomic E-state index is 12.6. The van der Waals surface area contributed by atoms with Crippen molar-refractivity contribution in [2.24, 2.45) is 23.7 Å². The summed E-state index contributed by atoms with van der Waals surface area (Å²) in [5.74, 6) is 0.755. The van der Waals surface area contributed by atoms with Gasteiger partial charge in [0.2, 0.25) is 11.8 Å². The molecule has 6 nitrogen and oxygen atoms in total. The van der Waals surface area contributed by atoms with Gasteiger partial charge in [0.1, 0.15) is 6.04 Å². The second kappa shape index (κ2) is 6.13. The van der Waals surface area contributed by atoms with E-state index in [0.717, 1.165) is 12.8 Å². The summed E-state index contributed by atoms with van der Waals surface area (Å²) < 4.78 is 5.14. The van der Waals surface area contributed by atoms with Gasteiger partial charge in [0.25, 0.3) is 0 Å². The first-order chi connectivity index (χ1) is 10.9. The van der Waals surface area contributed by atoms with Crippen molar-refractivity contribution in [1.29, 1.82) is 0 Å². The molecule has 0 N–H and O–H groups in total. The van der Waals surface area contributed by atoms with E-state index in [9.17, 15) is 14.4 Å². The molecule has 1 heterocycles. The summed E-state index contributed by atoms with van der Waals surface area (Å²) >= 11 is 0. The molecule has 2 aliphatic carbocycles. The minimum absolute atomic E-state index is 0.0395. The van der Waals surface area contributed by atoms with E-state index in [-0.39, 0.29) is 36.8 Å². The Bertz CT molecular complexity index is 521. The summed E-state index contributed by atoms with van der Waals surface area (Å²) in [5.41, 5.74) is 0. The first-order valence-electron chi connectivity index (χ1n) is 8.70. The summed E-state index contributed by atoms with van der Waals surface area (Å²) in [6, 6.07) is -0.651. The Kier molecular flexibility index (Phi) is 4.34. The summed E-state index contributed by atoms with van der Waals surface area (Å²) in [5, 5.41) is 0. The number of esters is 1. The molecule has 2 amide bonds. The van der Waals surface area contributed by atoms with E-state index in [0.29, 0.717) is 24.9 Å². The Hall–Kier alpha value is -1.59. The van der Waals surface area contributed by atoms with Gasteiger partial charge in [0.15, 0.2) is 0 Å². The number of nitrogens with zero attached hydrogens (tertiary/aromatic N) is 2. The van der Waals surface area contributed by atoms with E-state index >= 15 is 0 Å². The van der Waals surface area contributed by atoms with Gasteiger partial charge in [0.05, 0.1) is 13.2 Å². The van der Waals surface area contributed by atoms with Gasteiger partial charge in [-0.05, 0) is 31.6 Å². The summed E-state index contributed by atoms with van der Waals surface area (Å²) in [6.45, 7) is 7.38. The lowest BCUT2D eigenvalue weighted by Crippen LogP contribution is -2.60. The average Bonchev–Trinajstić information content (AvgIpc) is 3.44. The summed E-state index contributed by atoms with van der Waals surface area (Å²) in [7, 11) is 0. The molecule has 3 aliphatic rings. The number of hydrogen-bond acceptors (Lipinski definition) is 4. The van der Waals surface area contributed by atoms with Crippen molar-refractivity contribution < 1.29 is 19.1 Å². The number of hydrogen-bond donors (Lipinski definition) is 0. The van der Waals surface area contributed by atoms with Crippen molar-refractivity contribution in [2.45, 2.75) is 39.7 Å². The zero-order valence-corrected chi connectivity index (χ0v) is 14.2. The van der Waals surface area contributed by atoms with Crippen LogP contribution in [0.2, 0.25) is 0 Å². The van der Waals surface area contributed by atoms with E-state index in [1.165, 1.54) is 0 Å². The molecule has 0 unspecified atom stereocenters. The van der Waals surface area contributed by atoms with Gasteiger partial charge >= 0.3 is 5.97 Å². The molecule has 0 aromatic rings. The maximum atomic E-state index is 12.6. The van der Waals surface area contributed by atoms with Crippen molar-refractivity contribution in [3.63, 3.8) is 0 Å². The van der Waals surface area contributed by atoms with Crippen LogP contribution in [0.5, 0.6) is 0 Å². The molecule has 5 atom stereocenters. The Morgan fingerprint density at radius 2 is 1.57 bits per heavy atom. The van der Waals surface area contributed by atoms with Crippen LogP contribution in [0, 0.1) is 23.7 Å². The zero-order chi connectivity index (χ0) is 16.7. The topological polar surface area (TPSA) is 66.9 Å². The molecular formula is C17H26N2O4. The molecular weight excluding hydrogens is 296 g/mol. The molecule has 0 bridgehead atoms. The van der Waals surface area contributed by atoms with E-state index in [1.54, 1.807) is 16.7 Å². The number of rotatable bonds is 4. The average molecular weight is 322 g/mol. The standard InChI is InChI=1S/C17H26N2O4/c1-4-23-17(22)14-9-18(15(20)12-7-10(12)2)5-6-19(14)16(21)13-8-11(13)3/h10-14H,4-9H2,1-3H3/t10-,11-,12+,13-,14-/m0/s1. The molecule has 3 fully saturated rings. The third kappa shape index (κ3) is 3.21. The van der Waals surface area contributed by atoms with E-state index < -0.39 is 12.0 Å². The molecule has 0 aromatic carbocycles.